The molecule has 2 aromatic carbocycles. The molecule has 5 nitrogen and oxygen atoms in total. The zero-order valence-electron chi connectivity index (χ0n) is 16.1. The van der Waals surface area contributed by atoms with Crippen molar-refractivity contribution in [1.82, 2.24) is 4.90 Å². The van der Waals surface area contributed by atoms with Gasteiger partial charge >= 0.3 is 5.97 Å². The third-order valence-electron chi connectivity index (χ3n) is 5.04. The van der Waals surface area contributed by atoms with Crippen molar-refractivity contribution in [3.05, 3.63) is 53.3 Å². The van der Waals surface area contributed by atoms with Gasteiger partial charge in [0.1, 0.15) is 11.6 Å². The lowest BCUT2D eigenvalue weighted by Gasteiger charge is -2.25. The molecule has 1 fully saturated rings. The molecule has 0 saturated heterocycles. The number of ether oxygens (including phenoxy) is 1. The first kappa shape index (κ1) is 19.9. The number of hydrogen-bond acceptors (Lipinski definition) is 3. The molecule has 1 saturated carbocycles. The highest BCUT2D eigenvalue weighted by atomic mass is 19.1. The smallest absolute Gasteiger partial charge is 0.307 e. The number of benzene rings is 2. The SMILES string of the molecule is CCN(Cc1c(CC(=O)O)ccc(OC)c1-c1ccc(F)cc1)C(=O)C1CC1. The molecule has 2 aromatic rings. The van der Waals surface area contributed by atoms with Crippen molar-refractivity contribution in [2.24, 2.45) is 5.92 Å². The van der Waals surface area contributed by atoms with Gasteiger partial charge in [-0.1, -0.05) is 18.2 Å². The van der Waals surface area contributed by atoms with E-state index in [2.05, 4.69) is 0 Å². The Morgan fingerprint density at radius 2 is 1.86 bits per heavy atom. The van der Waals surface area contributed by atoms with E-state index in [0.717, 1.165) is 24.0 Å². The average molecular weight is 385 g/mol. The monoisotopic (exact) mass is 385 g/mol. The van der Waals surface area contributed by atoms with Crippen LogP contribution in [0.25, 0.3) is 11.1 Å². The van der Waals surface area contributed by atoms with Crippen LogP contribution in [0.3, 0.4) is 0 Å². The van der Waals surface area contributed by atoms with Crippen LogP contribution in [-0.4, -0.2) is 35.5 Å². The fraction of sp³-hybridized carbons (Fsp3) is 0.364. The summed E-state index contributed by atoms with van der Waals surface area (Å²) in [4.78, 5) is 25.8. The number of nitrogens with zero attached hydrogens (tertiary/aromatic N) is 1. The highest BCUT2D eigenvalue weighted by Crippen LogP contribution is 2.38. The Bertz CT molecular complexity index is 875. The molecule has 28 heavy (non-hydrogen) atoms. The van der Waals surface area contributed by atoms with Crippen LogP contribution < -0.4 is 4.74 Å². The van der Waals surface area contributed by atoms with Gasteiger partial charge in [0.2, 0.25) is 5.91 Å². The lowest BCUT2D eigenvalue weighted by molar-refractivity contribution is -0.136. The average Bonchev–Trinajstić information content (AvgIpc) is 3.51. The maximum atomic E-state index is 13.4. The number of amides is 1. The lowest BCUT2D eigenvalue weighted by Crippen LogP contribution is -2.32. The molecule has 1 amide bonds. The second-order valence-electron chi connectivity index (χ2n) is 6.98. The molecule has 0 bridgehead atoms. The van der Waals surface area contributed by atoms with Crippen molar-refractivity contribution in [3.8, 4) is 16.9 Å². The number of rotatable bonds is 8. The van der Waals surface area contributed by atoms with Crippen LogP contribution in [0.15, 0.2) is 36.4 Å². The van der Waals surface area contributed by atoms with Crippen LogP contribution in [-0.2, 0) is 22.6 Å². The maximum Gasteiger partial charge on any atom is 0.307 e. The summed E-state index contributed by atoms with van der Waals surface area (Å²) < 4.78 is 19.0. The van der Waals surface area contributed by atoms with E-state index < -0.39 is 5.97 Å². The Hall–Kier alpha value is -2.89. The van der Waals surface area contributed by atoms with E-state index >= 15 is 0 Å². The summed E-state index contributed by atoms with van der Waals surface area (Å²) >= 11 is 0. The fourth-order valence-electron chi connectivity index (χ4n) is 3.41. The van der Waals surface area contributed by atoms with Gasteiger partial charge in [0.25, 0.3) is 0 Å². The molecule has 0 aromatic heterocycles. The Labute approximate surface area is 163 Å². The molecule has 0 aliphatic heterocycles. The lowest BCUT2D eigenvalue weighted by atomic mass is 9.92. The first-order valence-electron chi connectivity index (χ1n) is 9.39. The summed E-state index contributed by atoms with van der Waals surface area (Å²) in [6.45, 7) is 2.73. The first-order chi connectivity index (χ1) is 13.4. The second-order valence-corrected chi connectivity index (χ2v) is 6.98. The Kier molecular flexibility index (Phi) is 5.97. The van der Waals surface area contributed by atoms with Gasteiger partial charge in [0.05, 0.1) is 13.5 Å². The summed E-state index contributed by atoms with van der Waals surface area (Å²) in [5.41, 5.74) is 2.76. The summed E-state index contributed by atoms with van der Waals surface area (Å²) in [7, 11) is 1.54. The van der Waals surface area contributed by atoms with Gasteiger partial charge < -0.3 is 14.7 Å². The minimum absolute atomic E-state index is 0.0720. The Morgan fingerprint density at radius 3 is 2.39 bits per heavy atom. The molecule has 0 radical (unpaired) electrons. The number of methoxy groups -OCH3 is 1. The van der Waals surface area contributed by atoms with E-state index in [1.165, 1.54) is 19.2 Å². The van der Waals surface area contributed by atoms with Gasteiger partial charge in [-0.05, 0) is 54.7 Å². The highest BCUT2D eigenvalue weighted by Gasteiger charge is 2.33. The van der Waals surface area contributed by atoms with Gasteiger partial charge in [-0.3, -0.25) is 9.59 Å². The second kappa shape index (κ2) is 8.42. The van der Waals surface area contributed by atoms with Crippen molar-refractivity contribution in [2.75, 3.05) is 13.7 Å². The van der Waals surface area contributed by atoms with Crippen molar-refractivity contribution >= 4 is 11.9 Å². The van der Waals surface area contributed by atoms with E-state index in [0.29, 0.717) is 30.0 Å². The number of carbonyl (C=O) groups excluding carboxylic acids is 1. The zero-order chi connectivity index (χ0) is 20.3. The number of halogens is 1. The van der Waals surface area contributed by atoms with Crippen LogP contribution >= 0.6 is 0 Å². The molecule has 0 spiro atoms. The van der Waals surface area contributed by atoms with E-state index in [1.54, 1.807) is 29.2 Å². The van der Waals surface area contributed by atoms with E-state index in [-0.39, 0.29) is 24.1 Å². The predicted octanol–water partition coefficient (Wildman–Crippen LogP) is 3.89. The molecule has 0 unspecified atom stereocenters. The summed E-state index contributed by atoms with van der Waals surface area (Å²) in [6, 6.07) is 9.44. The van der Waals surface area contributed by atoms with Crippen LogP contribution in [0.1, 0.15) is 30.9 Å². The molecular weight excluding hydrogens is 361 g/mol. The molecule has 6 heteroatoms. The third-order valence-corrected chi connectivity index (χ3v) is 5.04. The topological polar surface area (TPSA) is 66.8 Å². The van der Waals surface area contributed by atoms with Gasteiger partial charge in [-0.25, -0.2) is 4.39 Å². The van der Waals surface area contributed by atoms with E-state index in [9.17, 15) is 19.1 Å². The van der Waals surface area contributed by atoms with Gasteiger partial charge in [-0.15, -0.1) is 0 Å². The fourth-order valence-corrected chi connectivity index (χ4v) is 3.41. The third kappa shape index (κ3) is 4.32. The molecule has 3 rings (SSSR count). The Balaban J connectivity index is 2.12. The van der Waals surface area contributed by atoms with Crippen molar-refractivity contribution in [1.29, 1.82) is 0 Å². The summed E-state index contributed by atoms with van der Waals surface area (Å²) in [6.07, 6.45) is 1.64. The van der Waals surface area contributed by atoms with Crippen LogP contribution in [0, 0.1) is 11.7 Å². The molecule has 1 N–H and O–H groups in total. The number of hydrogen-bond donors (Lipinski definition) is 1. The normalized spacial score (nSPS) is 13.2. The molecule has 1 aliphatic carbocycles. The largest absolute Gasteiger partial charge is 0.496 e. The molecule has 0 atom stereocenters. The Morgan fingerprint density at radius 1 is 1.18 bits per heavy atom. The number of carboxylic acids is 1. The quantitative estimate of drug-likeness (QED) is 0.749. The van der Waals surface area contributed by atoms with E-state index in [1.807, 2.05) is 6.92 Å². The van der Waals surface area contributed by atoms with Crippen LogP contribution in [0.4, 0.5) is 4.39 Å². The minimum atomic E-state index is -0.951. The maximum absolute atomic E-state index is 13.4. The molecular formula is C22H24FNO4. The number of carboxylic acid groups (broad SMARTS) is 1. The van der Waals surface area contributed by atoms with Crippen molar-refractivity contribution < 1.29 is 23.8 Å². The minimum Gasteiger partial charge on any atom is -0.496 e. The van der Waals surface area contributed by atoms with Crippen LogP contribution in [0.5, 0.6) is 5.75 Å². The highest BCUT2D eigenvalue weighted by molar-refractivity contribution is 5.83. The van der Waals surface area contributed by atoms with E-state index in [4.69, 9.17) is 4.74 Å². The van der Waals surface area contributed by atoms with Crippen LogP contribution in [0.2, 0.25) is 0 Å². The molecule has 148 valence electrons. The summed E-state index contributed by atoms with van der Waals surface area (Å²) in [5, 5.41) is 9.35. The number of carbonyl (C=O) groups is 2. The van der Waals surface area contributed by atoms with Crippen molar-refractivity contribution in [2.45, 2.75) is 32.7 Å². The van der Waals surface area contributed by atoms with Gasteiger partial charge in [-0.2, -0.15) is 0 Å². The predicted molar refractivity (Wildman–Crippen MR) is 104 cm³/mol. The number of aliphatic carboxylic acids is 1. The van der Waals surface area contributed by atoms with Gasteiger partial charge in [0, 0.05) is 24.6 Å². The molecule has 1 aliphatic rings. The van der Waals surface area contributed by atoms with Crippen molar-refractivity contribution in [3.63, 3.8) is 0 Å². The molecule has 0 heterocycles. The summed E-state index contributed by atoms with van der Waals surface area (Å²) in [5.74, 6) is -0.580. The zero-order valence-corrected chi connectivity index (χ0v) is 16.1. The van der Waals surface area contributed by atoms with Gasteiger partial charge in [0.15, 0.2) is 0 Å². The first-order valence-corrected chi connectivity index (χ1v) is 9.39. The standard InChI is InChI=1S/C22H24FNO4/c1-3-24(22(27)15-4-5-15)13-18-16(12-20(25)26)8-11-19(28-2)21(18)14-6-9-17(23)10-7-14/h6-11,15H,3-5,12-13H2,1-2H3,(H,25,26).